The van der Waals surface area contributed by atoms with Crippen molar-refractivity contribution in [1.82, 2.24) is 15.1 Å². The number of hydrogen-bond donors (Lipinski definition) is 1. The zero-order valence-electron chi connectivity index (χ0n) is 10.2. The Hall–Kier alpha value is -1.56. The highest BCUT2D eigenvalue weighted by molar-refractivity contribution is 5.68. The van der Waals surface area contributed by atoms with Gasteiger partial charge in [0.1, 0.15) is 6.10 Å². The minimum absolute atomic E-state index is 0.0111. The lowest BCUT2D eigenvalue weighted by Crippen LogP contribution is -2.39. The first-order chi connectivity index (χ1) is 8.83. The fourth-order valence-corrected chi connectivity index (χ4v) is 2.39. The smallest absolute Gasteiger partial charge is 0.410 e. The van der Waals surface area contributed by atoms with Crippen molar-refractivity contribution in [3.8, 4) is 0 Å². The van der Waals surface area contributed by atoms with Gasteiger partial charge in [-0.2, -0.15) is 5.10 Å². The van der Waals surface area contributed by atoms with Gasteiger partial charge in [-0.05, 0) is 0 Å². The second kappa shape index (κ2) is 4.97. The van der Waals surface area contributed by atoms with Crippen LogP contribution >= 0.6 is 0 Å². The molecule has 3 heterocycles. The number of carbonyl (C=O) groups excluding carboxylic acids is 1. The topological polar surface area (TPSA) is 67.5 Å². The van der Waals surface area contributed by atoms with Crippen molar-refractivity contribution >= 4 is 6.09 Å². The summed E-state index contributed by atoms with van der Waals surface area (Å²) in [6.07, 6.45) is 4.00. The summed E-state index contributed by atoms with van der Waals surface area (Å²) in [7, 11) is 0. The molecule has 98 valence electrons. The second-order valence-electron chi connectivity index (χ2n) is 4.74. The van der Waals surface area contributed by atoms with Crippen LogP contribution in [0, 0.1) is 0 Å². The molecule has 0 atom stereocenters. The number of H-pyrrole nitrogens is 1. The second-order valence-corrected chi connectivity index (χ2v) is 4.74. The van der Waals surface area contributed by atoms with Crippen LogP contribution in [0.1, 0.15) is 24.1 Å². The number of fused-ring (bicyclic) bond motifs is 1. The minimum atomic E-state index is -0.214. The zero-order chi connectivity index (χ0) is 12.4. The summed E-state index contributed by atoms with van der Waals surface area (Å²) in [5.41, 5.74) is 2.22. The van der Waals surface area contributed by atoms with Gasteiger partial charge in [-0.1, -0.05) is 0 Å². The summed E-state index contributed by atoms with van der Waals surface area (Å²) >= 11 is 0. The summed E-state index contributed by atoms with van der Waals surface area (Å²) in [4.78, 5) is 13.8. The molecule has 6 nitrogen and oxygen atoms in total. The molecule has 2 aliphatic rings. The van der Waals surface area contributed by atoms with Crippen LogP contribution in [0.15, 0.2) is 6.20 Å². The lowest BCUT2D eigenvalue weighted by molar-refractivity contribution is -0.0114. The fraction of sp³-hybridized carbons (Fsp3) is 0.667. The molecule has 0 unspecified atom stereocenters. The highest BCUT2D eigenvalue weighted by atomic mass is 16.6. The summed E-state index contributed by atoms with van der Waals surface area (Å²) in [6.45, 7) is 2.65. The Morgan fingerprint density at radius 3 is 3.17 bits per heavy atom. The maximum Gasteiger partial charge on any atom is 0.410 e. The Morgan fingerprint density at radius 2 is 2.33 bits per heavy atom. The molecule has 3 rings (SSSR count). The maximum atomic E-state index is 12.0. The molecule has 1 N–H and O–H groups in total. The first kappa shape index (κ1) is 11.5. The number of amides is 1. The van der Waals surface area contributed by atoms with E-state index in [-0.39, 0.29) is 12.2 Å². The van der Waals surface area contributed by atoms with E-state index in [2.05, 4.69) is 10.2 Å². The van der Waals surface area contributed by atoms with Crippen LogP contribution in [0.5, 0.6) is 0 Å². The Labute approximate surface area is 105 Å². The van der Waals surface area contributed by atoms with Crippen molar-refractivity contribution < 1.29 is 14.3 Å². The number of nitrogens with zero attached hydrogens (tertiary/aromatic N) is 2. The van der Waals surface area contributed by atoms with Crippen molar-refractivity contribution in [1.29, 1.82) is 0 Å². The van der Waals surface area contributed by atoms with Crippen LogP contribution in [0.4, 0.5) is 4.79 Å². The summed E-state index contributed by atoms with van der Waals surface area (Å²) in [5, 5.41) is 6.95. The minimum Gasteiger partial charge on any atom is -0.446 e. The van der Waals surface area contributed by atoms with Gasteiger partial charge in [-0.25, -0.2) is 4.79 Å². The lowest BCUT2D eigenvalue weighted by atomic mass is 10.1. The van der Waals surface area contributed by atoms with E-state index in [1.807, 2.05) is 0 Å². The molecule has 0 aliphatic carbocycles. The number of aromatic nitrogens is 2. The van der Waals surface area contributed by atoms with Crippen molar-refractivity contribution in [3.63, 3.8) is 0 Å². The number of rotatable bonds is 1. The number of ether oxygens (including phenoxy) is 2. The van der Waals surface area contributed by atoms with Gasteiger partial charge >= 0.3 is 6.09 Å². The molecule has 1 fully saturated rings. The third-order valence-corrected chi connectivity index (χ3v) is 3.49. The van der Waals surface area contributed by atoms with E-state index in [1.54, 1.807) is 11.1 Å². The molecule has 1 saturated heterocycles. The van der Waals surface area contributed by atoms with Crippen LogP contribution in [-0.2, 0) is 22.4 Å². The third-order valence-electron chi connectivity index (χ3n) is 3.49. The normalized spacial score (nSPS) is 20.6. The number of hydrogen-bond acceptors (Lipinski definition) is 4. The Bertz CT molecular complexity index is 426. The molecule has 0 radical (unpaired) electrons. The van der Waals surface area contributed by atoms with Gasteiger partial charge in [0.15, 0.2) is 0 Å². The lowest BCUT2D eigenvalue weighted by Gasteiger charge is -2.29. The Kier molecular flexibility index (Phi) is 3.19. The summed E-state index contributed by atoms with van der Waals surface area (Å²) in [5.74, 6) is 0. The van der Waals surface area contributed by atoms with E-state index < -0.39 is 0 Å². The predicted molar refractivity (Wildman–Crippen MR) is 63.0 cm³/mol. The molecule has 0 saturated carbocycles. The quantitative estimate of drug-likeness (QED) is 0.811. The average molecular weight is 251 g/mol. The predicted octanol–water partition coefficient (Wildman–Crippen LogP) is 1.08. The van der Waals surface area contributed by atoms with Crippen molar-refractivity contribution in [2.24, 2.45) is 0 Å². The van der Waals surface area contributed by atoms with Crippen molar-refractivity contribution in [2.45, 2.75) is 31.9 Å². The van der Waals surface area contributed by atoms with Gasteiger partial charge < -0.3 is 14.4 Å². The highest BCUT2D eigenvalue weighted by Gasteiger charge is 2.26. The number of nitrogens with one attached hydrogen (secondary N) is 1. The number of carbonyl (C=O) groups is 1. The van der Waals surface area contributed by atoms with Crippen molar-refractivity contribution in [2.75, 3.05) is 19.8 Å². The molecule has 1 aromatic rings. The Morgan fingerprint density at radius 1 is 1.50 bits per heavy atom. The van der Waals surface area contributed by atoms with Crippen LogP contribution < -0.4 is 0 Å². The molecule has 18 heavy (non-hydrogen) atoms. The van der Waals surface area contributed by atoms with Crippen LogP contribution in [0.25, 0.3) is 0 Å². The maximum absolute atomic E-state index is 12.0. The van der Waals surface area contributed by atoms with Gasteiger partial charge in [-0.15, -0.1) is 0 Å². The van der Waals surface area contributed by atoms with E-state index in [0.29, 0.717) is 26.3 Å². The van der Waals surface area contributed by atoms with E-state index in [9.17, 15) is 4.79 Å². The highest BCUT2D eigenvalue weighted by Crippen LogP contribution is 2.18. The van der Waals surface area contributed by atoms with Gasteiger partial charge in [-0.3, -0.25) is 5.10 Å². The van der Waals surface area contributed by atoms with Gasteiger partial charge in [0.2, 0.25) is 0 Å². The van der Waals surface area contributed by atoms with Gasteiger partial charge in [0.05, 0.1) is 26.0 Å². The van der Waals surface area contributed by atoms with E-state index in [4.69, 9.17) is 9.47 Å². The van der Waals surface area contributed by atoms with E-state index in [0.717, 1.165) is 30.5 Å². The van der Waals surface area contributed by atoms with E-state index >= 15 is 0 Å². The number of aromatic amines is 1. The summed E-state index contributed by atoms with van der Waals surface area (Å²) in [6, 6.07) is 0. The molecule has 0 bridgehead atoms. The van der Waals surface area contributed by atoms with Gasteiger partial charge in [0, 0.05) is 37.1 Å². The largest absolute Gasteiger partial charge is 0.446 e. The summed E-state index contributed by atoms with van der Waals surface area (Å²) < 4.78 is 10.7. The van der Waals surface area contributed by atoms with Crippen LogP contribution in [0.3, 0.4) is 0 Å². The van der Waals surface area contributed by atoms with Crippen molar-refractivity contribution in [3.05, 3.63) is 17.5 Å². The van der Waals surface area contributed by atoms with E-state index in [1.165, 1.54) is 0 Å². The first-order valence-electron chi connectivity index (χ1n) is 6.37. The average Bonchev–Trinajstić information content (AvgIpc) is 2.87. The molecule has 6 heteroatoms. The third kappa shape index (κ3) is 2.33. The standard InChI is InChI=1S/C12H17N3O3/c16-12(18-10-2-5-17-6-3-10)15-4-1-11-9(8-15)7-13-14-11/h7,10H,1-6,8H2,(H,13,14). The fourth-order valence-electron chi connectivity index (χ4n) is 2.39. The monoisotopic (exact) mass is 251 g/mol. The molecular formula is C12H17N3O3. The SMILES string of the molecule is O=C(OC1CCOCC1)N1CCc2[nH]ncc2C1. The first-order valence-corrected chi connectivity index (χ1v) is 6.37. The molecule has 2 aliphatic heterocycles. The molecule has 1 aromatic heterocycles. The van der Waals surface area contributed by atoms with Crippen LogP contribution in [-0.4, -0.2) is 47.1 Å². The van der Waals surface area contributed by atoms with Crippen LogP contribution in [0.2, 0.25) is 0 Å². The van der Waals surface area contributed by atoms with Gasteiger partial charge in [0.25, 0.3) is 0 Å². The zero-order valence-corrected chi connectivity index (χ0v) is 10.2. The molecular weight excluding hydrogens is 234 g/mol. The molecule has 0 spiro atoms. The molecule has 1 amide bonds. The Balaban J connectivity index is 1.57. The molecule has 0 aromatic carbocycles.